The number of sulfonamides is 1. The van der Waals surface area contributed by atoms with Crippen LogP contribution in [-0.2, 0) is 14.8 Å². The summed E-state index contributed by atoms with van der Waals surface area (Å²) in [5.74, 6) is 0.130. The number of unbranched alkanes of at least 4 members (excludes halogenated alkanes) is 1. The van der Waals surface area contributed by atoms with Crippen molar-refractivity contribution in [2.75, 3.05) is 28.9 Å². The van der Waals surface area contributed by atoms with Crippen molar-refractivity contribution in [1.29, 1.82) is 0 Å². The summed E-state index contributed by atoms with van der Waals surface area (Å²) in [6, 6.07) is 6.73. The smallest absolute Gasteiger partial charge is 0.232 e. The first kappa shape index (κ1) is 19.7. The first-order chi connectivity index (χ1) is 10.5. The van der Waals surface area contributed by atoms with Crippen LogP contribution in [0.2, 0.25) is 0 Å². The molecule has 1 heterocycles. The summed E-state index contributed by atoms with van der Waals surface area (Å²) in [5, 5.41) is 6.01. The summed E-state index contributed by atoms with van der Waals surface area (Å²) in [4.78, 5) is 12.0. The molecule has 1 amide bonds. The van der Waals surface area contributed by atoms with E-state index in [2.05, 4.69) is 15.4 Å². The van der Waals surface area contributed by atoms with Gasteiger partial charge in [0.05, 0.1) is 11.7 Å². The van der Waals surface area contributed by atoms with Gasteiger partial charge in [-0.2, -0.15) is 0 Å². The number of nitrogens with one attached hydrogen (secondary N) is 3. The fourth-order valence-corrected chi connectivity index (χ4v) is 3.58. The quantitative estimate of drug-likeness (QED) is 0.694. The van der Waals surface area contributed by atoms with Crippen LogP contribution in [-0.4, -0.2) is 33.2 Å². The van der Waals surface area contributed by atoms with Gasteiger partial charge >= 0.3 is 0 Å². The summed E-state index contributed by atoms with van der Waals surface area (Å²) in [5.41, 5.74) is 1.19. The Bertz CT molecular complexity index is 599. The third-order valence-corrected chi connectivity index (χ3v) is 5.00. The number of carbonyl (C=O) groups is 1. The number of benzene rings is 1. The molecule has 23 heavy (non-hydrogen) atoms. The predicted octanol–water partition coefficient (Wildman–Crippen LogP) is 2.20. The SMILES string of the molecule is CCCCS(=O)(=O)Nc1ccc(NC(=O)C2CCNC2)cc1.Cl. The number of amides is 1. The van der Waals surface area contributed by atoms with E-state index in [1.807, 2.05) is 6.92 Å². The van der Waals surface area contributed by atoms with Crippen LogP contribution in [0.25, 0.3) is 0 Å². The number of hydrogen-bond acceptors (Lipinski definition) is 4. The van der Waals surface area contributed by atoms with Crippen LogP contribution in [0.15, 0.2) is 24.3 Å². The number of halogens is 1. The molecule has 0 bridgehead atoms. The van der Waals surface area contributed by atoms with E-state index < -0.39 is 10.0 Å². The lowest BCUT2D eigenvalue weighted by Crippen LogP contribution is -2.24. The van der Waals surface area contributed by atoms with Crippen molar-refractivity contribution < 1.29 is 13.2 Å². The molecule has 130 valence electrons. The summed E-state index contributed by atoms with van der Waals surface area (Å²) >= 11 is 0. The fourth-order valence-electron chi connectivity index (χ4n) is 2.31. The van der Waals surface area contributed by atoms with E-state index in [-0.39, 0.29) is 30.0 Å². The molecule has 1 fully saturated rings. The maximum atomic E-state index is 12.0. The Morgan fingerprint density at radius 3 is 2.48 bits per heavy atom. The summed E-state index contributed by atoms with van der Waals surface area (Å²) < 4.78 is 26.2. The molecule has 8 heteroatoms. The maximum absolute atomic E-state index is 12.0. The Labute approximate surface area is 143 Å². The minimum Gasteiger partial charge on any atom is -0.326 e. The molecule has 1 aromatic rings. The second-order valence-electron chi connectivity index (χ2n) is 5.53. The van der Waals surface area contributed by atoms with E-state index in [0.717, 1.165) is 19.4 Å². The Morgan fingerprint density at radius 2 is 1.91 bits per heavy atom. The Hall–Kier alpha value is -1.31. The van der Waals surface area contributed by atoms with E-state index in [1.54, 1.807) is 24.3 Å². The molecule has 6 nitrogen and oxygen atoms in total. The zero-order valence-corrected chi connectivity index (χ0v) is 14.8. The van der Waals surface area contributed by atoms with Crippen molar-refractivity contribution >= 4 is 39.7 Å². The molecule has 0 aliphatic carbocycles. The number of anilines is 2. The molecule has 2 rings (SSSR count). The van der Waals surface area contributed by atoms with Crippen LogP contribution in [0.5, 0.6) is 0 Å². The summed E-state index contributed by atoms with van der Waals surface area (Å²) in [6.45, 7) is 3.53. The lowest BCUT2D eigenvalue weighted by atomic mass is 10.1. The molecule has 3 N–H and O–H groups in total. The van der Waals surface area contributed by atoms with E-state index in [1.165, 1.54) is 0 Å². The second kappa shape index (κ2) is 9.10. The topological polar surface area (TPSA) is 87.3 Å². The number of hydrogen-bond donors (Lipinski definition) is 3. The molecule has 1 aromatic carbocycles. The molecule has 1 aliphatic rings. The fraction of sp³-hybridized carbons (Fsp3) is 0.533. The maximum Gasteiger partial charge on any atom is 0.232 e. The van der Waals surface area contributed by atoms with Crippen LogP contribution in [0, 0.1) is 5.92 Å². The Balaban J connectivity index is 0.00000264. The highest BCUT2D eigenvalue weighted by atomic mass is 35.5. The van der Waals surface area contributed by atoms with Crippen molar-refractivity contribution in [3.8, 4) is 0 Å². The Kier molecular flexibility index (Phi) is 7.81. The van der Waals surface area contributed by atoms with Gasteiger partial charge in [-0.05, 0) is 43.7 Å². The van der Waals surface area contributed by atoms with E-state index in [4.69, 9.17) is 0 Å². The largest absolute Gasteiger partial charge is 0.326 e. The van der Waals surface area contributed by atoms with Crippen LogP contribution in [0.4, 0.5) is 11.4 Å². The van der Waals surface area contributed by atoms with E-state index in [9.17, 15) is 13.2 Å². The molecule has 1 atom stereocenters. The lowest BCUT2D eigenvalue weighted by molar-refractivity contribution is -0.119. The van der Waals surface area contributed by atoms with Crippen LogP contribution >= 0.6 is 12.4 Å². The normalized spacial score (nSPS) is 17.3. The van der Waals surface area contributed by atoms with Crippen LogP contribution in [0.3, 0.4) is 0 Å². The van der Waals surface area contributed by atoms with E-state index >= 15 is 0 Å². The van der Waals surface area contributed by atoms with Crippen LogP contribution < -0.4 is 15.4 Å². The van der Waals surface area contributed by atoms with Gasteiger partial charge in [-0.15, -0.1) is 12.4 Å². The zero-order valence-electron chi connectivity index (χ0n) is 13.2. The van der Waals surface area contributed by atoms with Gasteiger partial charge in [-0.3, -0.25) is 9.52 Å². The van der Waals surface area contributed by atoms with Gasteiger partial charge in [-0.25, -0.2) is 8.42 Å². The zero-order chi connectivity index (χ0) is 16.0. The number of rotatable bonds is 7. The predicted molar refractivity (Wildman–Crippen MR) is 95.6 cm³/mol. The molecule has 1 aliphatic heterocycles. The average molecular weight is 362 g/mol. The first-order valence-electron chi connectivity index (χ1n) is 7.62. The summed E-state index contributed by atoms with van der Waals surface area (Å²) in [7, 11) is -3.29. The van der Waals surface area contributed by atoms with Gasteiger partial charge in [-0.1, -0.05) is 13.3 Å². The lowest BCUT2D eigenvalue weighted by Gasteiger charge is -2.11. The standard InChI is InChI=1S/C15H23N3O3S.ClH/c1-2-3-10-22(20,21)18-14-6-4-13(5-7-14)17-15(19)12-8-9-16-11-12;/h4-7,12,16,18H,2-3,8-11H2,1H3,(H,17,19);1H. The molecule has 0 saturated carbocycles. The van der Waals surface area contributed by atoms with Crippen LogP contribution in [0.1, 0.15) is 26.2 Å². The monoisotopic (exact) mass is 361 g/mol. The van der Waals surface area contributed by atoms with Crippen molar-refractivity contribution in [3.05, 3.63) is 24.3 Å². The van der Waals surface area contributed by atoms with Crippen molar-refractivity contribution in [1.82, 2.24) is 5.32 Å². The third-order valence-electron chi connectivity index (χ3n) is 3.62. The van der Waals surface area contributed by atoms with Crippen molar-refractivity contribution in [2.24, 2.45) is 5.92 Å². The van der Waals surface area contributed by atoms with Gasteiger partial charge in [0.1, 0.15) is 0 Å². The van der Waals surface area contributed by atoms with Crippen molar-refractivity contribution in [2.45, 2.75) is 26.2 Å². The van der Waals surface area contributed by atoms with Gasteiger partial charge in [0, 0.05) is 17.9 Å². The molecular weight excluding hydrogens is 338 g/mol. The van der Waals surface area contributed by atoms with Gasteiger partial charge in [0.15, 0.2) is 0 Å². The van der Waals surface area contributed by atoms with Gasteiger partial charge in [0.25, 0.3) is 0 Å². The highest BCUT2D eigenvalue weighted by Crippen LogP contribution is 2.17. The highest BCUT2D eigenvalue weighted by molar-refractivity contribution is 7.92. The molecule has 0 spiro atoms. The molecule has 1 unspecified atom stereocenters. The molecule has 1 saturated heterocycles. The van der Waals surface area contributed by atoms with Crippen molar-refractivity contribution in [3.63, 3.8) is 0 Å². The molecular formula is C15H24ClN3O3S. The Morgan fingerprint density at radius 1 is 1.26 bits per heavy atom. The first-order valence-corrected chi connectivity index (χ1v) is 9.27. The minimum absolute atomic E-state index is 0. The minimum atomic E-state index is -3.29. The van der Waals surface area contributed by atoms with Gasteiger partial charge in [0.2, 0.25) is 15.9 Å². The van der Waals surface area contributed by atoms with Gasteiger partial charge < -0.3 is 10.6 Å². The average Bonchev–Trinajstić information content (AvgIpc) is 3.01. The highest BCUT2D eigenvalue weighted by Gasteiger charge is 2.22. The third kappa shape index (κ3) is 6.37. The number of carbonyl (C=O) groups excluding carboxylic acids is 1. The molecule has 0 radical (unpaired) electrons. The molecule has 0 aromatic heterocycles. The van der Waals surface area contributed by atoms with E-state index in [0.29, 0.717) is 24.3 Å². The summed E-state index contributed by atoms with van der Waals surface area (Å²) in [6.07, 6.45) is 2.32. The second-order valence-corrected chi connectivity index (χ2v) is 7.37.